The second kappa shape index (κ2) is 6.58. The van der Waals surface area contributed by atoms with E-state index in [1.54, 1.807) is 30.3 Å². The number of carbonyl (C=O) groups excluding carboxylic acids is 1. The van der Waals surface area contributed by atoms with Crippen molar-refractivity contribution in [3.05, 3.63) is 35.9 Å². The monoisotopic (exact) mass is 248 g/mol. The van der Waals surface area contributed by atoms with Crippen molar-refractivity contribution < 1.29 is 18.0 Å². The number of thioether (sulfide) groups is 1. The molecule has 88 valence electrons. The lowest BCUT2D eigenvalue weighted by Crippen LogP contribution is -2.13. The second-order valence-electron chi connectivity index (χ2n) is 3.14. The Morgan fingerprint density at radius 2 is 1.81 bits per heavy atom. The largest absolute Gasteiger partial charge is 0.282 e. The van der Waals surface area contributed by atoms with Crippen LogP contribution in [0, 0.1) is 0 Å². The van der Waals surface area contributed by atoms with Crippen LogP contribution in [-0.2, 0) is 0 Å². The van der Waals surface area contributed by atoms with Gasteiger partial charge in [0.1, 0.15) is 0 Å². The van der Waals surface area contributed by atoms with E-state index in [2.05, 4.69) is 0 Å². The Kier molecular flexibility index (Phi) is 5.38. The molecule has 0 aliphatic rings. The van der Waals surface area contributed by atoms with Gasteiger partial charge in [0.15, 0.2) is 6.17 Å². The van der Waals surface area contributed by atoms with Crippen LogP contribution in [0.3, 0.4) is 0 Å². The summed E-state index contributed by atoms with van der Waals surface area (Å²) in [4.78, 5) is 11.4. The Labute approximate surface area is 96.0 Å². The molecule has 0 amide bonds. The highest BCUT2D eigenvalue weighted by Crippen LogP contribution is 2.17. The van der Waals surface area contributed by atoms with E-state index in [9.17, 15) is 18.0 Å². The highest BCUT2D eigenvalue weighted by atomic mass is 32.2. The first-order valence-electron chi connectivity index (χ1n) is 4.75. The Morgan fingerprint density at radius 3 is 2.38 bits per heavy atom. The number of rotatable bonds is 5. The van der Waals surface area contributed by atoms with Crippen LogP contribution in [0.1, 0.15) is 16.8 Å². The van der Waals surface area contributed by atoms with Crippen LogP contribution >= 0.6 is 11.8 Å². The molecule has 0 N–H and O–H groups in total. The van der Waals surface area contributed by atoms with Gasteiger partial charge < -0.3 is 0 Å². The van der Waals surface area contributed by atoms with E-state index in [1.165, 1.54) is 0 Å². The van der Waals surface area contributed by atoms with Gasteiger partial charge in [0.05, 0.1) is 0 Å². The summed E-state index contributed by atoms with van der Waals surface area (Å²) in [5.74, 6) is 0.0687. The Balaban J connectivity index is 2.31. The molecule has 0 saturated heterocycles. The number of benzene rings is 1. The smallest absolute Gasteiger partial charge is 0.269 e. The van der Waals surface area contributed by atoms with Crippen LogP contribution in [-0.4, -0.2) is 23.5 Å². The van der Waals surface area contributed by atoms with Gasteiger partial charge in [-0.25, -0.2) is 13.2 Å². The van der Waals surface area contributed by atoms with E-state index in [4.69, 9.17) is 0 Å². The third-order valence-electron chi connectivity index (χ3n) is 1.91. The lowest BCUT2D eigenvalue weighted by molar-refractivity contribution is 0.0487. The van der Waals surface area contributed by atoms with Crippen LogP contribution in [0.15, 0.2) is 30.3 Å². The molecule has 1 unspecified atom stereocenters. The fourth-order valence-electron chi connectivity index (χ4n) is 1.05. The molecule has 1 atom stereocenters. The zero-order valence-corrected chi connectivity index (χ0v) is 9.22. The maximum Gasteiger partial charge on any atom is 0.269 e. The molecule has 0 aliphatic carbocycles. The molecule has 1 nitrogen and oxygen atoms in total. The van der Waals surface area contributed by atoms with Crippen LogP contribution in [0.4, 0.5) is 13.2 Å². The summed E-state index contributed by atoms with van der Waals surface area (Å²) in [6.07, 6.45) is -5.41. The Morgan fingerprint density at radius 1 is 1.19 bits per heavy atom. The van der Waals surface area contributed by atoms with Gasteiger partial charge in [0.2, 0.25) is 5.12 Å². The molecule has 0 aromatic heterocycles. The van der Waals surface area contributed by atoms with E-state index in [0.717, 1.165) is 11.8 Å². The van der Waals surface area contributed by atoms with Crippen molar-refractivity contribution in [3.63, 3.8) is 0 Å². The first-order chi connectivity index (χ1) is 7.61. The van der Waals surface area contributed by atoms with Gasteiger partial charge in [-0.1, -0.05) is 42.1 Å². The van der Waals surface area contributed by atoms with Crippen molar-refractivity contribution in [2.75, 3.05) is 5.75 Å². The summed E-state index contributed by atoms with van der Waals surface area (Å²) >= 11 is 0.863. The van der Waals surface area contributed by atoms with E-state index in [0.29, 0.717) is 5.56 Å². The van der Waals surface area contributed by atoms with Gasteiger partial charge in [-0.15, -0.1) is 0 Å². The lowest BCUT2D eigenvalue weighted by Gasteiger charge is -2.05. The Hall–Kier alpha value is -0.970. The van der Waals surface area contributed by atoms with Crippen molar-refractivity contribution in [3.8, 4) is 0 Å². The van der Waals surface area contributed by atoms with Gasteiger partial charge in [-0.3, -0.25) is 4.79 Å². The van der Waals surface area contributed by atoms with E-state index in [1.807, 2.05) is 0 Å². The summed E-state index contributed by atoms with van der Waals surface area (Å²) < 4.78 is 36.1. The molecule has 0 fully saturated rings. The molecule has 0 saturated carbocycles. The molecule has 0 spiro atoms. The number of hydrogen-bond donors (Lipinski definition) is 0. The lowest BCUT2D eigenvalue weighted by atomic mass is 10.2. The minimum Gasteiger partial charge on any atom is -0.282 e. The predicted octanol–water partition coefficient (Wildman–Crippen LogP) is 3.55. The van der Waals surface area contributed by atoms with E-state index < -0.39 is 12.6 Å². The van der Waals surface area contributed by atoms with Crippen LogP contribution in [0.5, 0.6) is 0 Å². The zero-order valence-electron chi connectivity index (χ0n) is 8.41. The van der Waals surface area contributed by atoms with Gasteiger partial charge >= 0.3 is 0 Å². The normalized spacial score (nSPS) is 12.8. The van der Waals surface area contributed by atoms with E-state index >= 15 is 0 Å². The van der Waals surface area contributed by atoms with Crippen LogP contribution in [0.25, 0.3) is 0 Å². The molecule has 0 bridgehead atoms. The highest BCUT2D eigenvalue weighted by molar-refractivity contribution is 8.14. The van der Waals surface area contributed by atoms with Crippen molar-refractivity contribution in [2.45, 2.75) is 19.0 Å². The molecular formula is C11H11F3OS. The third kappa shape index (κ3) is 4.26. The van der Waals surface area contributed by atoms with Gasteiger partial charge in [-0.05, 0) is 6.42 Å². The van der Waals surface area contributed by atoms with Gasteiger partial charge in [-0.2, -0.15) is 0 Å². The summed E-state index contributed by atoms with van der Waals surface area (Å²) in [6.45, 7) is 0. The fraction of sp³-hybridized carbons (Fsp3) is 0.364. The van der Waals surface area contributed by atoms with Crippen molar-refractivity contribution in [2.24, 2.45) is 0 Å². The second-order valence-corrected chi connectivity index (χ2v) is 4.21. The topological polar surface area (TPSA) is 17.1 Å². The van der Waals surface area contributed by atoms with Gasteiger partial charge in [0, 0.05) is 11.3 Å². The molecule has 0 radical (unpaired) electrons. The minimum atomic E-state index is -2.97. The number of halogens is 3. The zero-order chi connectivity index (χ0) is 12.0. The maximum atomic E-state index is 12.5. The standard InChI is InChI=1S/C11H11F3OS/c12-9(10(13)14)6-7-16-11(15)8-4-2-1-3-5-8/h1-5,9-10H,6-7H2. The highest BCUT2D eigenvalue weighted by Gasteiger charge is 2.19. The predicted molar refractivity (Wildman–Crippen MR) is 58.7 cm³/mol. The first-order valence-corrected chi connectivity index (χ1v) is 5.74. The quantitative estimate of drug-likeness (QED) is 0.792. The van der Waals surface area contributed by atoms with Crippen molar-refractivity contribution >= 4 is 16.9 Å². The fourth-order valence-corrected chi connectivity index (χ4v) is 1.88. The van der Waals surface area contributed by atoms with Crippen molar-refractivity contribution in [1.82, 2.24) is 0 Å². The SMILES string of the molecule is O=C(SCCC(F)C(F)F)c1ccccc1. The minimum absolute atomic E-state index is 0.0687. The maximum absolute atomic E-state index is 12.5. The number of alkyl halides is 3. The average molecular weight is 248 g/mol. The third-order valence-corrected chi connectivity index (χ3v) is 2.85. The molecule has 16 heavy (non-hydrogen) atoms. The summed E-state index contributed by atoms with van der Waals surface area (Å²) in [7, 11) is 0. The molecule has 1 aromatic carbocycles. The summed E-state index contributed by atoms with van der Waals surface area (Å²) in [5.41, 5.74) is 0.500. The number of hydrogen-bond acceptors (Lipinski definition) is 2. The summed E-state index contributed by atoms with van der Waals surface area (Å²) in [6, 6.07) is 8.47. The molecule has 0 aliphatic heterocycles. The first kappa shape index (κ1) is 13.1. The molecule has 1 aromatic rings. The summed E-state index contributed by atoms with van der Waals surface area (Å²) in [5, 5.41) is -0.220. The molecule has 5 heteroatoms. The van der Waals surface area contributed by atoms with Crippen LogP contribution < -0.4 is 0 Å². The molecular weight excluding hydrogens is 237 g/mol. The average Bonchev–Trinajstić information content (AvgIpc) is 2.29. The Bertz CT molecular complexity index is 329. The van der Waals surface area contributed by atoms with Crippen molar-refractivity contribution in [1.29, 1.82) is 0 Å². The molecule has 0 heterocycles. The van der Waals surface area contributed by atoms with Crippen LogP contribution in [0.2, 0.25) is 0 Å². The van der Waals surface area contributed by atoms with E-state index in [-0.39, 0.29) is 17.3 Å². The molecule has 1 rings (SSSR count). The van der Waals surface area contributed by atoms with Gasteiger partial charge in [0.25, 0.3) is 6.43 Å². The number of carbonyl (C=O) groups is 1.